The Labute approximate surface area is 264 Å². The zero-order chi connectivity index (χ0) is 26.4. The highest BCUT2D eigenvalue weighted by Gasteiger charge is 2.02. The number of aliphatic hydroxyl groups is 1. The number of carbonyl (C=O) groups is 1. The van der Waals surface area contributed by atoms with E-state index in [4.69, 9.17) is 14.9 Å². The first-order valence-electron chi connectivity index (χ1n) is 9.66. The normalized spacial score (nSPS) is 12.5. The lowest BCUT2D eigenvalue weighted by molar-refractivity contribution is -0.196. The standard InChI is InChI=1S/C16H31N3O5S12/c20-6-28-7-24-23-1-17-3-26-8-29-10-30-9-27-4-19-16(21)35-14-33-12-31-11-32-13-34-15-36(22)5-18-2-25/h1,5,20,25H,2-4,6-15H2,(H,19,21). The third kappa shape index (κ3) is 32.7. The fourth-order valence-electron chi connectivity index (χ4n) is 1.36. The molecule has 0 aliphatic carbocycles. The SMILES string of the molecule is O=C(NCSCSCSCSCN=COOCSCO)SCSCSCSCSCS(=O)C=NCS. The van der Waals surface area contributed by atoms with Crippen LogP contribution in [-0.4, -0.2) is 96.7 Å². The predicted octanol–water partition coefficient (Wildman–Crippen LogP) is 6.15. The molecular formula is C16H31N3O5S12. The Morgan fingerprint density at radius 2 is 1.53 bits per heavy atom. The highest BCUT2D eigenvalue weighted by atomic mass is 32.3. The molecule has 36 heavy (non-hydrogen) atoms. The van der Waals surface area contributed by atoms with Gasteiger partial charge in [-0.3, -0.25) is 14.0 Å². The van der Waals surface area contributed by atoms with E-state index in [1.807, 2.05) is 47.0 Å². The number of hydrogen-bond acceptors (Lipinski definition) is 18. The van der Waals surface area contributed by atoms with Crippen LogP contribution in [0, 0.1) is 0 Å². The van der Waals surface area contributed by atoms with Crippen LogP contribution in [0.2, 0.25) is 0 Å². The topological polar surface area (TPSA) is 110 Å². The van der Waals surface area contributed by atoms with Crippen LogP contribution in [0.15, 0.2) is 9.98 Å². The number of nitrogens with one attached hydrogen (secondary N) is 1. The monoisotopic (exact) mass is 729 g/mol. The summed E-state index contributed by atoms with van der Waals surface area (Å²) in [6.45, 7) is 0. The summed E-state index contributed by atoms with van der Waals surface area (Å²) in [5.74, 6) is 1.88. The largest absolute Gasteiger partial charge is 0.386 e. The van der Waals surface area contributed by atoms with Crippen LogP contribution in [0.5, 0.6) is 0 Å². The molecule has 2 N–H and O–H groups in total. The van der Waals surface area contributed by atoms with Gasteiger partial charge >= 0.3 is 0 Å². The van der Waals surface area contributed by atoms with E-state index < -0.39 is 10.8 Å². The molecule has 0 aliphatic rings. The minimum Gasteiger partial charge on any atom is -0.386 e. The molecule has 1 atom stereocenters. The molecule has 0 fully saturated rings. The van der Waals surface area contributed by atoms with Crippen LogP contribution in [0.4, 0.5) is 4.79 Å². The van der Waals surface area contributed by atoms with E-state index in [-0.39, 0.29) is 17.1 Å². The van der Waals surface area contributed by atoms with Gasteiger partial charge in [0.1, 0.15) is 5.94 Å². The van der Waals surface area contributed by atoms with Gasteiger partial charge in [-0.2, -0.15) is 17.5 Å². The Kier molecular flexibility index (Phi) is 36.1. The molecule has 0 saturated carbocycles. The van der Waals surface area contributed by atoms with Crippen molar-refractivity contribution in [1.29, 1.82) is 0 Å². The van der Waals surface area contributed by atoms with Crippen molar-refractivity contribution in [2.75, 3.05) is 70.2 Å². The summed E-state index contributed by atoms with van der Waals surface area (Å²) < 4.78 is 11.5. The average molecular weight is 730 g/mol. The molecule has 0 spiro atoms. The summed E-state index contributed by atoms with van der Waals surface area (Å²) in [6, 6.07) is 0. The second kappa shape index (κ2) is 33.7. The Balaban J connectivity index is 3.25. The number of aliphatic hydroxyl groups excluding tert-OH is 1. The molecule has 0 aromatic carbocycles. The third-order valence-electron chi connectivity index (χ3n) is 2.64. The van der Waals surface area contributed by atoms with E-state index in [1.165, 1.54) is 35.5 Å². The molecule has 212 valence electrons. The molecule has 0 radical (unpaired) electrons. The molecular weight excluding hydrogens is 699 g/mol. The maximum atomic E-state index is 11.8. The van der Waals surface area contributed by atoms with Crippen molar-refractivity contribution in [1.82, 2.24) is 5.32 Å². The molecule has 0 heterocycles. The van der Waals surface area contributed by atoms with Gasteiger partial charge in [0.2, 0.25) is 6.40 Å². The fraction of sp³-hybridized carbons (Fsp3) is 0.812. The summed E-state index contributed by atoms with van der Waals surface area (Å²) in [5, 5.41) is 18.6. The first-order chi connectivity index (χ1) is 17.7. The number of amides is 1. The van der Waals surface area contributed by atoms with Gasteiger partial charge in [0, 0.05) is 35.6 Å². The molecule has 0 rings (SSSR count). The van der Waals surface area contributed by atoms with E-state index in [1.54, 1.807) is 47.0 Å². The van der Waals surface area contributed by atoms with Gasteiger partial charge in [0.25, 0.3) is 5.24 Å². The molecule has 1 amide bonds. The van der Waals surface area contributed by atoms with Gasteiger partial charge in [0.15, 0.2) is 0 Å². The number of hydrogen-bond donors (Lipinski definition) is 3. The number of nitrogens with zero attached hydrogens (tertiary/aromatic N) is 2. The fourth-order valence-corrected chi connectivity index (χ4v) is 13.1. The van der Waals surface area contributed by atoms with E-state index in [2.05, 4.69) is 27.9 Å². The highest BCUT2D eigenvalue weighted by molar-refractivity contribution is 8.30. The molecule has 0 saturated heterocycles. The van der Waals surface area contributed by atoms with Crippen LogP contribution in [0.3, 0.4) is 0 Å². The quantitative estimate of drug-likeness (QED) is 0.0171. The van der Waals surface area contributed by atoms with E-state index >= 15 is 0 Å². The van der Waals surface area contributed by atoms with Crippen molar-refractivity contribution >= 4 is 158 Å². The summed E-state index contributed by atoms with van der Waals surface area (Å²) in [4.78, 5) is 29.2. The van der Waals surface area contributed by atoms with Crippen LogP contribution >= 0.6 is 130 Å². The van der Waals surface area contributed by atoms with Gasteiger partial charge < -0.3 is 15.3 Å². The van der Waals surface area contributed by atoms with E-state index in [9.17, 15) is 9.00 Å². The maximum Gasteiger partial charge on any atom is 0.280 e. The van der Waals surface area contributed by atoms with Crippen molar-refractivity contribution in [3.63, 3.8) is 0 Å². The van der Waals surface area contributed by atoms with Gasteiger partial charge in [0.05, 0.1) is 45.0 Å². The van der Waals surface area contributed by atoms with Gasteiger partial charge in [-0.15, -0.1) is 106 Å². The smallest absolute Gasteiger partial charge is 0.280 e. The molecule has 0 bridgehead atoms. The summed E-state index contributed by atoms with van der Waals surface area (Å²) in [5.41, 5.74) is 1.46. The van der Waals surface area contributed by atoms with Crippen molar-refractivity contribution in [2.45, 2.75) is 0 Å². The number of thioether (sulfide) groups is 10. The summed E-state index contributed by atoms with van der Waals surface area (Å²) in [6.07, 6.45) is 1.27. The van der Waals surface area contributed by atoms with Crippen LogP contribution in [0.25, 0.3) is 0 Å². The molecule has 8 nitrogen and oxygen atoms in total. The van der Waals surface area contributed by atoms with Gasteiger partial charge in [-0.05, 0) is 0 Å². The minimum atomic E-state index is -1.01. The van der Waals surface area contributed by atoms with E-state index in [0.29, 0.717) is 22.7 Å². The lowest BCUT2D eigenvalue weighted by atomic mass is 11.2. The van der Waals surface area contributed by atoms with Gasteiger partial charge in [-0.1, -0.05) is 11.8 Å². The Morgan fingerprint density at radius 1 is 0.889 bits per heavy atom. The molecule has 0 aliphatic heterocycles. The van der Waals surface area contributed by atoms with E-state index in [0.717, 1.165) is 35.6 Å². The third-order valence-corrected chi connectivity index (χ3v) is 15.5. The van der Waals surface area contributed by atoms with Crippen LogP contribution in [-0.2, 0) is 20.6 Å². The maximum absolute atomic E-state index is 11.8. The number of rotatable bonds is 27. The number of thiol groups is 1. The molecule has 20 heteroatoms. The highest BCUT2D eigenvalue weighted by Crippen LogP contribution is 2.24. The van der Waals surface area contributed by atoms with Crippen molar-refractivity contribution in [2.24, 2.45) is 9.98 Å². The number of aliphatic imine (C=N–C) groups is 2. The second-order valence-electron chi connectivity index (χ2n) is 5.22. The minimum absolute atomic E-state index is 0.000147. The zero-order valence-corrected chi connectivity index (χ0v) is 29.1. The average Bonchev–Trinajstić information content (AvgIpc) is 2.88. The zero-order valence-electron chi connectivity index (χ0n) is 19.3. The first-order valence-corrected chi connectivity index (χ1v) is 23.1. The first kappa shape index (κ1) is 38.5. The molecule has 1 unspecified atom stereocenters. The summed E-state index contributed by atoms with van der Waals surface area (Å²) in [7, 11) is -1.01. The lowest BCUT2D eigenvalue weighted by Crippen LogP contribution is -2.17. The van der Waals surface area contributed by atoms with Crippen molar-refractivity contribution in [3.05, 3.63) is 0 Å². The van der Waals surface area contributed by atoms with Gasteiger partial charge in [-0.25, -0.2) is 4.99 Å². The number of carbonyl (C=O) groups excluding carboxylic acids is 1. The predicted molar refractivity (Wildman–Crippen MR) is 186 cm³/mol. The molecule has 0 aromatic heterocycles. The van der Waals surface area contributed by atoms with Crippen molar-refractivity contribution < 1.29 is 23.9 Å². The summed E-state index contributed by atoms with van der Waals surface area (Å²) >= 11 is 20.6. The second-order valence-corrected chi connectivity index (χ2v) is 19.4. The van der Waals surface area contributed by atoms with Crippen LogP contribution < -0.4 is 5.32 Å². The molecule has 0 aromatic rings. The Morgan fingerprint density at radius 3 is 2.22 bits per heavy atom. The Hall–Kier alpha value is 2.53. The Bertz CT molecular complexity index is 583. The lowest BCUT2D eigenvalue weighted by Gasteiger charge is -2.05. The van der Waals surface area contributed by atoms with Crippen LogP contribution in [0.1, 0.15) is 0 Å². The van der Waals surface area contributed by atoms with Crippen molar-refractivity contribution in [3.8, 4) is 0 Å².